The third-order valence-electron chi connectivity index (χ3n) is 1.66. The van der Waals surface area contributed by atoms with Gasteiger partial charge in [-0.15, -0.1) is 0 Å². The minimum Gasteiger partial charge on any atom is -0.322 e. The third-order valence-corrected chi connectivity index (χ3v) is 1.99. The molecule has 4 heteroatoms. The fourth-order valence-electron chi connectivity index (χ4n) is 0.834. The summed E-state index contributed by atoms with van der Waals surface area (Å²) < 4.78 is 13.1. The summed E-state index contributed by atoms with van der Waals surface area (Å²) in [6.07, 6.45) is 0. The van der Waals surface area contributed by atoms with Crippen LogP contribution in [0.3, 0.4) is 0 Å². The number of hydrogen-bond acceptors (Lipinski definition) is 1. The van der Waals surface area contributed by atoms with E-state index < -0.39 is 11.6 Å². The number of carbonyl (C=O) groups excluding carboxylic acids is 1. The van der Waals surface area contributed by atoms with E-state index in [4.69, 9.17) is 11.6 Å². The van der Waals surface area contributed by atoms with Gasteiger partial charge in [0.1, 0.15) is 0 Å². The van der Waals surface area contributed by atoms with Crippen molar-refractivity contribution in [3.8, 4) is 0 Å². The molecule has 76 valence electrons. The summed E-state index contributed by atoms with van der Waals surface area (Å²) in [6, 6.07) is 6.69. The van der Waals surface area contributed by atoms with E-state index in [1.165, 1.54) is 13.8 Å². The molecule has 0 unspecified atom stereocenters. The van der Waals surface area contributed by atoms with Gasteiger partial charge in [-0.2, -0.15) is 0 Å². The van der Waals surface area contributed by atoms with Gasteiger partial charge in [-0.25, -0.2) is 4.39 Å². The van der Waals surface area contributed by atoms with Crippen molar-refractivity contribution in [1.82, 2.24) is 0 Å². The molecule has 1 aromatic rings. The summed E-state index contributed by atoms with van der Waals surface area (Å²) in [6.45, 7) is 2.39. The highest BCUT2D eigenvalue weighted by Gasteiger charge is 2.26. The lowest BCUT2D eigenvalue weighted by atomic mass is 10.1. The van der Waals surface area contributed by atoms with Crippen LogP contribution in [-0.4, -0.2) is 11.6 Å². The van der Waals surface area contributed by atoms with E-state index in [9.17, 15) is 9.18 Å². The van der Waals surface area contributed by atoms with E-state index in [0.717, 1.165) is 0 Å². The Morgan fingerprint density at radius 1 is 1.43 bits per heavy atom. The summed E-state index contributed by atoms with van der Waals surface area (Å²) in [5, 5.41) is 2.80. The van der Waals surface area contributed by atoms with Crippen LogP contribution in [0.5, 0.6) is 0 Å². The number of rotatable bonds is 2. The van der Waals surface area contributed by atoms with Gasteiger partial charge in [0.25, 0.3) is 5.91 Å². The van der Waals surface area contributed by atoms with Gasteiger partial charge >= 0.3 is 0 Å². The quantitative estimate of drug-likeness (QED) is 0.807. The van der Waals surface area contributed by atoms with E-state index in [2.05, 4.69) is 5.32 Å². The third kappa shape index (κ3) is 2.70. The molecule has 0 radical (unpaired) electrons. The average Bonchev–Trinajstić information content (AvgIpc) is 2.07. The molecule has 0 aliphatic heterocycles. The van der Waals surface area contributed by atoms with Crippen LogP contribution >= 0.6 is 11.6 Å². The Hall–Kier alpha value is -1.09. The van der Waals surface area contributed by atoms with E-state index in [-0.39, 0.29) is 0 Å². The number of carbonyl (C=O) groups is 1. The SMILES string of the molecule is CC(C)(F)C(=O)Nc1ccccc1Cl. The summed E-state index contributed by atoms with van der Waals surface area (Å²) in [5.74, 6) is -0.703. The molecule has 0 saturated heterocycles. The van der Waals surface area contributed by atoms with Crippen molar-refractivity contribution in [2.45, 2.75) is 19.5 Å². The topological polar surface area (TPSA) is 29.1 Å². The van der Waals surface area contributed by atoms with Crippen molar-refractivity contribution in [1.29, 1.82) is 0 Å². The molecule has 0 aliphatic carbocycles. The fourth-order valence-corrected chi connectivity index (χ4v) is 1.02. The van der Waals surface area contributed by atoms with Gasteiger partial charge < -0.3 is 5.32 Å². The molecule has 2 nitrogen and oxygen atoms in total. The Morgan fingerprint density at radius 2 is 2.00 bits per heavy atom. The van der Waals surface area contributed by atoms with Crippen molar-refractivity contribution in [2.24, 2.45) is 0 Å². The van der Waals surface area contributed by atoms with Crippen LogP contribution < -0.4 is 5.32 Å². The molecule has 1 amide bonds. The van der Waals surface area contributed by atoms with E-state index >= 15 is 0 Å². The number of alkyl halides is 1. The van der Waals surface area contributed by atoms with Gasteiger partial charge in [-0.05, 0) is 26.0 Å². The molecule has 1 rings (SSSR count). The molecule has 0 atom stereocenters. The van der Waals surface area contributed by atoms with Gasteiger partial charge in [0.2, 0.25) is 0 Å². The van der Waals surface area contributed by atoms with Crippen LogP contribution in [0.25, 0.3) is 0 Å². The first kappa shape index (κ1) is 11.0. The second-order valence-corrected chi connectivity index (χ2v) is 3.81. The number of anilines is 1. The minimum absolute atomic E-state index is 0.394. The zero-order chi connectivity index (χ0) is 10.8. The summed E-state index contributed by atoms with van der Waals surface area (Å²) in [7, 11) is 0. The first-order valence-corrected chi connectivity index (χ1v) is 4.54. The van der Waals surface area contributed by atoms with Gasteiger partial charge in [0.05, 0.1) is 10.7 Å². The second-order valence-electron chi connectivity index (χ2n) is 3.41. The molecule has 14 heavy (non-hydrogen) atoms. The molecular formula is C10H11ClFNO. The Balaban J connectivity index is 2.80. The number of benzene rings is 1. The predicted octanol–water partition coefficient (Wildman–Crippen LogP) is 3.03. The first-order valence-electron chi connectivity index (χ1n) is 4.16. The fraction of sp³-hybridized carbons (Fsp3) is 0.300. The molecule has 0 bridgehead atoms. The lowest BCUT2D eigenvalue weighted by molar-refractivity contribution is -0.125. The Labute approximate surface area is 87.1 Å². The maximum atomic E-state index is 13.1. The van der Waals surface area contributed by atoms with Crippen molar-refractivity contribution in [2.75, 3.05) is 5.32 Å². The normalized spacial score (nSPS) is 11.1. The molecule has 1 N–H and O–H groups in total. The largest absolute Gasteiger partial charge is 0.322 e. The molecular weight excluding hydrogens is 205 g/mol. The van der Waals surface area contributed by atoms with Gasteiger partial charge in [0, 0.05) is 0 Å². The summed E-state index contributed by atoms with van der Waals surface area (Å²) >= 11 is 5.78. The number of nitrogens with one attached hydrogen (secondary N) is 1. The molecule has 0 fully saturated rings. The highest BCUT2D eigenvalue weighted by Crippen LogP contribution is 2.22. The number of amides is 1. The first-order chi connectivity index (χ1) is 6.41. The smallest absolute Gasteiger partial charge is 0.261 e. The highest BCUT2D eigenvalue weighted by molar-refractivity contribution is 6.33. The van der Waals surface area contributed by atoms with Gasteiger partial charge in [-0.3, -0.25) is 4.79 Å². The Kier molecular flexibility index (Phi) is 3.11. The van der Waals surface area contributed by atoms with E-state index in [0.29, 0.717) is 10.7 Å². The van der Waals surface area contributed by atoms with Crippen molar-refractivity contribution < 1.29 is 9.18 Å². The summed E-state index contributed by atoms with van der Waals surface area (Å²) in [4.78, 5) is 11.2. The van der Waals surface area contributed by atoms with Crippen LogP contribution in [0.4, 0.5) is 10.1 Å². The molecule has 0 aromatic heterocycles. The average molecular weight is 216 g/mol. The van der Waals surface area contributed by atoms with Crippen molar-refractivity contribution in [3.05, 3.63) is 29.3 Å². The standard InChI is InChI=1S/C10H11ClFNO/c1-10(2,12)9(14)13-8-6-4-3-5-7(8)11/h3-6H,1-2H3,(H,13,14). The van der Waals surface area contributed by atoms with E-state index in [1.54, 1.807) is 24.3 Å². The zero-order valence-corrected chi connectivity index (χ0v) is 8.73. The lowest BCUT2D eigenvalue weighted by Gasteiger charge is -2.14. The maximum absolute atomic E-state index is 13.1. The lowest BCUT2D eigenvalue weighted by Crippen LogP contribution is -2.32. The monoisotopic (exact) mass is 215 g/mol. The highest BCUT2D eigenvalue weighted by atomic mass is 35.5. The Bertz CT molecular complexity index is 346. The molecule has 0 heterocycles. The maximum Gasteiger partial charge on any atom is 0.261 e. The Morgan fingerprint density at radius 3 is 2.50 bits per heavy atom. The predicted molar refractivity (Wildman–Crippen MR) is 55.3 cm³/mol. The van der Waals surface area contributed by atoms with Crippen LogP contribution in [0.2, 0.25) is 5.02 Å². The summed E-state index contributed by atoms with van der Waals surface area (Å²) in [5.41, 5.74) is -1.48. The number of para-hydroxylation sites is 1. The van der Waals surface area contributed by atoms with Crippen molar-refractivity contribution in [3.63, 3.8) is 0 Å². The van der Waals surface area contributed by atoms with Crippen molar-refractivity contribution >= 4 is 23.2 Å². The van der Waals surface area contributed by atoms with Crippen LogP contribution in [-0.2, 0) is 4.79 Å². The van der Waals surface area contributed by atoms with Crippen LogP contribution in [0.15, 0.2) is 24.3 Å². The number of halogens is 2. The van der Waals surface area contributed by atoms with Gasteiger partial charge in [0.15, 0.2) is 5.67 Å². The molecule has 0 spiro atoms. The van der Waals surface area contributed by atoms with Crippen LogP contribution in [0, 0.1) is 0 Å². The van der Waals surface area contributed by atoms with Crippen LogP contribution in [0.1, 0.15) is 13.8 Å². The molecule has 1 aromatic carbocycles. The van der Waals surface area contributed by atoms with E-state index in [1.807, 2.05) is 0 Å². The zero-order valence-electron chi connectivity index (χ0n) is 7.97. The molecule has 0 saturated carbocycles. The number of hydrogen-bond donors (Lipinski definition) is 1. The van der Waals surface area contributed by atoms with Gasteiger partial charge in [-0.1, -0.05) is 23.7 Å². The second kappa shape index (κ2) is 3.96. The minimum atomic E-state index is -1.90. The molecule has 0 aliphatic rings.